The van der Waals surface area contributed by atoms with Crippen LogP contribution in [0.25, 0.3) is 0 Å². The molecular weight excluding hydrogens is 324 g/mol. The summed E-state index contributed by atoms with van der Waals surface area (Å²) >= 11 is 0. The Morgan fingerprint density at radius 1 is 0.370 bits per heavy atom. The molecule has 0 heteroatoms. The predicted octanol–water partition coefficient (Wildman–Crippen LogP) is 10.0. The van der Waals surface area contributed by atoms with Crippen LogP contribution >= 0.6 is 0 Å². The van der Waals surface area contributed by atoms with Crippen LogP contribution in [0.1, 0.15) is 101 Å². The van der Waals surface area contributed by atoms with Crippen molar-refractivity contribution in [1.82, 2.24) is 0 Å². The summed E-state index contributed by atoms with van der Waals surface area (Å²) in [6.45, 7) is 24.0. The van der Waals surface area contributed by atoms with E-state index in [2.05, 4.69) is 24.3 Å². The Bertz CT molecular complexity index is 340. The lowest BCUT2D eigenvalue weighted by Crippen LogP contribution is -1.77. The van der Waals surface area contributed by atoms with Gasteiger partial charge in [0.15, 0.2) is 0 Å². The SMILES string of the molecule is CC.CC.CC.CC.CC.CC.c1ccc2c(c1)CCC2.c1ccccc1. The minimum Gasteiger partial charge on any atom is -0.0683 e. The van der Waals surface area contributed by atoms with Crippen molar-refractivity contribution in [1.29, 1.82) is 0 Å². The van der Waals surface area contributed by atoms with Gasteiger partial charge < -0.3 is 0 Å². The zero-order chi connectivity index (χ0) is 22.3. The molecule has 2 aromatic rings. The van der Waals surface area contributed by atoms with Gasteiger partial charge in [0.2, 0.25) is 0 Å². The largest absolute Gasteiger partial charge is 0.0683 e. The van der Waals surface area contributed by atoms with E-state index in [1.54, 1.807) is 11.1 Å². The summed E-state index contributed by atoms with van der Waals surface area (Å²) in [7, 11) is 0. The average molecular weight is 377 g/mol. The molecule has 0 amide bonds. The Morgan fingerprint density at radius 2 is 0.593 bits per heavy atom. The van der Waals surface area contributed by atoms with E-state index >= 15 is 0 Å². The minimum atomic E-state index is 1.30. The van der Waals surface area contributed by atoms with Crippen LogP contribution in [0.2, 0.25) is 0 Å². The minimum absolute atomic E-state index is 1.30. The van der Waals surface area contributed by atoms with E-state index in [4.69, 9.17) is 0 Å². The first kappa shape index (κ1) is 36.4. The summed E-state index contributed by atoms with van der Waals surface area (Å²) in [5.41, 5.74) is 3.13. The lowest BCUT2D eigenvalue weighted by Gasteiger charge is -1.93. The van der Waals surface area contributed by atoms with E-state index in [9.17, 15) is 0 Å². The molecule has 2 aromatic carbocycles. The topological polar surface area (TPSA) is 0 Å². The lowest BCUT2D eigenvalue weighted by molar-refractivity contribution is 0.912. The summed E-state index contributed by atoms with van der Waals surface area (Å²) in [6, 6.07) is 20.7. The first-order valence-electron chi connectivity index (χ1n) is 11.5. The smallest absolute Gasteiger partial charge is 0.0273 e. The maximum atomic E-state index is 2.24. The molecule has 0 atom stereocenters. The van der Waals surface area contributed by atoms with Crippen molar-refractivity contribution in [3.8, 4) is 0 Å². The van der Waals surface area contributed by atoms with E-state index < -0.39 is 0 Å². The van der Waals surface area contributed by atoms with Crippen LogP contribution in [0.3, 0.4) is 0 Å². The van der Waals surface area contributed by atoms with Crippen molar-refractivity contribution in [3.63, 3.8) is 0 Å². The Balaban J connectivity index is -0.0000000793. The maximum absolute atomic E-state index is 2.24. The summed E-state index contributed by atoms with van der Waals surface area (Å²) in [6.07, 6.45) is 3.96. The number of aryl methyl sites for hydroxylation is 2. The van der Waals surface area contributed by atoms with Gasteiger partial charge in [0.25, 0.3) is 0 Å². The number of benzene rings is 2. The Labute approximate surface area is 174 Å². The second-order valence-corrected chi connectivity index (χ2v) is 3.78. The molecule has 0 nitrogen and oxygen atoms in total. The molecule has 0 aliphatic heterocycles. The van der Waals surface area contributed by atoms with Gasteiger partial charge >= 0.3 is 0 Å². The summed E-state index contributed by atoms with van der Waals surface area (Å²) < 4.78 is 0. The molecule has 0 saturated carbocycles. The van der Waals surface area contributed by atoms with Crippen molar-refractivity contribution in [3.05, 3.63) is 71.8 Å². The van der Waals surface area contributed by atoms with E-state index in [1.165, 1.54) is 19.3 Å². The first-order chi connectivity index (χ1) is 13.5. The molecule has 0 bridgehead atoms. The van der Waals surface area contributed by atoms with Gasteiger partial charge in [-0.3, -0.25) is 0 Å². The molecular formula is C27H52. The van der Waals surface area contributed by atoms with Gasteiger partial charge in [0.1, 0.15) is 0 Å². The van der Waals surface area contributed by atoms with Crippen LogP contribution < -0.4 is 0 Å². The van der Waals surface area contributed by atoms with Crippen molar-refractivity contribution < 1.29 is 0 Å². The van der Waals surface area contributed by atoms with E-state index in [0.29, 0.717) is 0 Å². The highest BCUT2D eigenvalue weighted by Crippen LogP contribution is 2.20. The Hall–Kier alpha value is -1.56. The molecule has 160 valence electrons. The summed E-state index contributed by atoms with van der Waals surface area (Å²) in [5, 5.41) is 0. The van der Waals surface area contributed by atoms with Gasteiger partial charge in [-0.1, -0.05) is 144 Å². The van der Waals surface area contributed by atoms with Crippen molar-refractivity contribution in [2.45, 2.75) is 102 Å². The number of hydrogen-bond donors (Lipinski definition) is 0. The molecule has 0 saturated heterocycles. The van der Waals surface area contributed by atoms with E-state index in [0.717, 1.165) is 0 Å². The quantitative estimate of drug-likeness (QED) is 0.429. The highest BCUT2D eigenvalue weighted by atomic mass is 14.1. The fraction of sp³-hybridized carbons (Fsp3) is 0.556. The second kappa shape index (κ2) is 44.1. The molecule has 3 rings (SSSR count). The van der Waals surface area contributed by atoms with Crippen LogP contribution in [-0.4, -0.2) is 0 Å². The fourth-order valence-electron chi connectivity index (χ4n) is 1.90. The van der Waals surface area contributed by atoms with Gasteiger partial charge in [-0.05, 0) is 30.4 Å². The van der Waals surface area contributed by atoms with Gasteiger partial charge in [-0.25, -0.2) is 0 Å². The van der Waals surface area contributed by atoms with Crippen LogP contribution in [0, 0.1) is 0 Å². The summed E-state index contributed by atoms with van der Waals surface area (Å²) in [4.78, 5) is 0. The Kier molecular flexibility index (Phi) is 59.5. The van der Waals surface area contributed by atoms with Gasteiger partial charge in [0, 0.05) is 0 Å². The van der Waals surface area contributed by atoms with Crippen LogP contribution in [0.4, 0.5) is 0 Å². The van der Waals surface area contributed by atoms with Crippen LogP contribution in [-0.2, 0) is 12.8 Å². The van der Waals surface area contributed by atoms with Crippen molar-refractivity contribution >= 4 is 0 Å². The standard InChI is InChI=1S/C9H10.C6H6.6C2H6/c1-2-5-9-7-3-6-8(9)4-1;1-2-4-6-5-3-1;6*1-2/h1-2,4-5H,3,6-7H2;1-6H;6*1-2H3. The molecule has 0 fully saturated rings. The number of hydrogen-bond acceptors (Lipinski definition) is 0. The van der Waals surface area contributed by atoms with Gasteiger partial charge in [0.05, 0.1) is 0 Å². The highest BCUT2D eigenvalue weighted by molar-refractivity contribution is 5.30. The second-order valence-electron chi connectivity index (χ2n) is 3.78. The number of rotatable bonds is 0. The Morgan fingerprint density at radius 3 is 0.815 bits per heavy atom. The lowest BCUT2D eigenvalue weighted by atomic mass is 10.1. The first-order valence-corrected chi connectivity index (χ1v) is 11.5. The van der Waals surface area contributed by atoms with Crippen molar-refractivity contribution in [2.75, 3.05) is 0 Å². The van der Waals surface area contributed by atoms with E-state index in [-0.39, 0.29) is 0 Å². The molecule has 0 heterocycles. The molecule has 1 aliphatic carbocycles. The van der Waals surface area contributed by atoms with E-state index in [1.807, 2.05) is 119 Å². The van der Waals surface area contributed by atoms with Crippen LogP contribution in [0.15, 0.2) is 60.7 Å². The third-order valence-corrected chi connectivity index (χ3v) is 2.68. The summed E-state index contributed by atoms with van der Waals surface area (Å²) in [5.74, 6) is 0. The fourth-order valence-corrected chi connectivity index (χ4v) is 1.90. The molecule has 0 radical (unpaired) electrons. The molecule has 0 aromatic heterocycles. The highest BCUT2D eigenvalue weighted by Gasteiger charge is 2.07. The molecule has 0 N–H and O–H groups in total. The van der Waals surface area contributed by atoms with Gasteiger partial charge in [-0.15, -0.1) is 0 Å². The zero-order valence-electron chi connectivity index (χ0n) is 20.9. The predicted molar refractivity (Wildman–Crippen MR) is 133 cm³/mol. The molecule has 0 unspecified atom stereocenters. The third kappa shape index (κ3) is 26.8. The third-order valence-electron chi connectivity index (χ3n) is 2.68. The maximum Gasteiger partial charge on any atom is -0.0273 e. The van der Waals surface area contributed by atoms with Gasteiger partial charge in [-0.2, -0.15) is 0 Å². The normalized spacial score (nSPS) is 8.30. The molecule has 27 heavy (non-hydrogen) atoms. The molecule has 1 aliphatic rings. The average Bonchev–Trinajstić information content (AvgIpc) is 3.32. The monoisotopic (exact) mass is 376 g/mol. The zero-order valence-corrected chi connectivity index (χ0v) is 20.9. The van der Waals surface area contributed by atoms with Crippen molar-refractivity contribution in [2.24, 2.45) is 0 Å². The number of fused-ring (bicyclic) bond motifs is 1. The molecule has 0 spiro atoms. The van der Waals surface area contributed by atoms with Crippen LogP contribution in [0.5, 0.6) is 0 Å².